The monoisotopic (exact) mass is 409 g/mol. The van der Waals surface area contributed by atoms with Crippen LogP contribution in [0.2, 0.25) is 0 Å². The van der Waals surface area contributed by atoms with Crippen molar-refractivity contribution in [2.24, 2.45) is 0 Å². The van der Waals surface area contributed by atoms with Gasteiger partial charge < -0.3 is 4.74 Å². The zero-order valence-electron chi connectivity index (χ0n) is 16.2. The van der Waals surface area contributed by atoms with Crippen LogP contribution in [0, 0.1) is 0 Å². The lowest BCUT2D eigenvalue weighted by molar-refractivity contribution is -0.118. The van der Waals surface area contributed by atoms with Crippen LogP contribution in [0.4, 0.5) is 5.69 Å². The van der Waals surface area contributed by atoms with Crippen molar-refractivity contribution in [1.29, 1.82) is 0 Å². The average molecular weight is 409 g/mol. The fourth-order valence-electron chi connectivity index (χ4n) is 3.32. The van der Waals surface area contributed by atoms with Crippen molar-refractivity contribution < 1.29 is 14.3 Å². The number of nitrogens with zero attached hydrogens (tertiary/aromatic N) is 5. The number of carbonyl (C=O) groups excluding carboxylic acids is 2. The SMILES string of the molecule is CCSc1nnc2c(n1)O[C@@H](c1cccn1C(C)=O)N(C(C)=O)c1ccccc1-2. The molecule has 1 aliphatic rings. The molecule has 2 aromatic heterocycles. The van der Waals surface area contributed by atoms with Gasteiger partial charge in [-0.1, -0.05) is 36.9 Å². The van der Waals surface area contributed by atoms with Gasteiger partial charge in [-0.25, -0.2) is 0 Å². The second-order valence-electron chi connectivity index (χ2n) is 6.38. The third kappa shape index (κ3) is 3.38. The number of carbonyl (C=O) groups is 2. The first-order valence-electron chi connectivity index (χ1n) is 9.12. The Morgan fingerprint density at radius 1 is 1.10 bits per heavy atom. The fraction of sp³-hybridized carbons (Fsp3) is 0.250. The molecular weight excluding hydrogens is 390 g/mol. The van der Waals surface area contributed by atoms with E-state index in [2.05, 4.69) is 15.2 Å². The number of aromatic nitrogens is 4. The number of para-hydroxylation sites is 1. The molecule has 8 nitrogen and oxygen atoms in total. The Morgan fingerprint density at radius 3 is 2.62 bits per heavy atom. The van der Waals surface area contributed by atoms with Crippen LogP contribution in [-0.4, -0.2) is 37.3 Å². The molecule has 1 amide bonds. The molecule has 3 aromatic rings. The molecular formula is C20H19N5O3S. The highest BCUT2D eigenvalue weighted by Crippen LogP contribution is 2.43. The third-order valence-corrected chi connectivity index (χ3v) is 5.22. The number of fused-ring (bicyclic) bond motifs is 3. The summed E-state index contributed by atoms with van der Waals surface area (Å²) in [5, 5.41) is 9.01. The van der Waals surface area contributed by atoms with Crippen molar-refractivity contribution in [2.75, 3.05) is 10.7 Å². The molecule has 0 saturated carbocycles. The van der Waals surface area contributed by atoms with E-state index in [0.717, 1.165) is 5.75 Å². The molecule has 0 N–H and O–H groups in total. The number of hydrogen-bond acceptors (Lipinski definition) is 7. The molecule has 29 heavy (non-hydrogen) atoms. The zero-order valence-corrected chi connectivity index (χ0v) is 17.0. The van der Waals surface area contributed by atoms with E-state index in [4.69, 9.17) is 4.74 Å². The summed E-state index contributed by atoms with van der Waals surface area (Å²) in [5.41, 5.74) is 2.29. The van der Waals surface area contributed by atoms with Crippen molar-refractivity contribution in [3.63, 3.8) is 0 Å². The minimum absolute atomic E-state index is 0.183. The molecule has 1 aliphatic heterocycles. The maximum absolute atomic E-state index is 12.7. The van der Waals surface area contributed by atoms with Crippen molar-refractivity contribution in [1.82, 2.24) is 19.7 Å². The molecule has 0 bridgehead atoms. The number of rotatable bonds is 3. The molecule has 0 radical (unpaired) electrons. The second kappa shape index (κ2) is 7.67. The minimum Gasteiger partial charge on any atom is -0.445 e. The van der Waals surface area contributed by atoms with Crippen LogP contribution in [0.5, 0.6) is 5.88 Å². The van der Waals surface area contributed by atoms with Gasteiger partial charge in [-0.3, -0.25) is 19.1 Å². The molecule has 0 unspecified atom stereocenters. The van der Waals surface area contributed by atoms with Gasteiger partial charge in [0, 0.05) is 25.6 Å². The van der Waals surface area contributed by atoms with Crippen LogP contribution >= 0.6 is 11.8 Å². The van der Waals surface area contributed by atoms with Gasteiger partial charge in [0.25, 0.3) is 0 Å². The van der Waals surface area contributed by atoms with Gasteiger partial charge in [0.1, 0.15) is 0 Å². The minimum atomic E-state index is -0.884. The number of hydrogen-bond donors (Lipinski definition) is 0. The van der Waals surface area contributed by atoms with E-state index in [1.807, 2.05) is 31.2 Å². The van der Waals surface area contributed by atoms with Crippen LogP contribution in [-0.2, 0) is 4.79 Å². The van der Waals surface area contributed by atoms with Crippen molar-refractivity contribution in [3.8, 4) is 17.1 Å². The maximum Gasteiger partial charge on any atom is 0.247 e. The summed E-state index contributed by atoms with van der Waals surface area (Å²) in [6.07, 6.45) is 0.762. The molecule has 0 spiro atoms. The summed E-state index contributed by atoms with van der Waals surface area (Å²) in [6, 6.07) is 10.9. The Bertz CT molecular complexity index is 1100. The van der Waals surface area contributed by atoms with E-state index in [-0.39, 0.29) is 17.7 Å². The molecule has 9 heteroatoms. The number of ether oxygens (including phenoxy) is 1. The number of thioether (sulfide) groups is 1. The molecule has 0 aliphatic carbocycles. The van der Waals surface area contributed by atoms with Gasteiger partial charge in [-0.05, 0) is 24.0 Å². The van der Waals surface area contributed by atoms with Gasteiger partial charge in [-0.15, -0.1) is 10.2 Å². The van der Waals surface area contributed by atoms with E-state index >= 15 is 0 Å². The van der Waals surface area contributed by atoms with Crippen LogP contribution in [0.3, 0.4) is 0 Å². The summed E-state index contributed by atoms with van der Waals surface area (Å²) >= 11 is 1.45. The maximum atomic E-state index is 12.7. The molecule has 1 atom stereocenters. The van der Waals surface area contributed by atoms with Crippen LogP contribution in [0.1, 0.15) is 37.5 Å². The van der Waals surface area contributed by atoms with Gasteiger partial charge in [0.05, 0.1) is 11.4 Å². The average Bonchev–Trinajstić information content (AvgIpc) is 3.13. The van der Waals surface area contributed by atoms with E-state index < -0.39 is 6.23 Å². The zero-order chi connectivity index (χ0) is 20.5. The van der Waals surface area contributed by atoms with Crippen molar-refractivity contribution in [2.45, 2.75) is 32.2 Å². The number of amides is 1. The first kappa shape index (κ1) is 19.1. The summed E-state index contributed by atoms with van der Waals surface area (Å²) in [7, 11) is 0. The summed E-state index contributed by atoms with van der Waals surface area (Å²) in [4.78, 5) is 30.9. The number of benzene rings is 1. The normalized spacial score (nSPS) is 15.1. The lowest BCUT2D eigenvalue weighted by Gasteiger charge is -2.30. The largest absolute Gasteiger partial charge is 0.445 e. The lowest BCUT2D eigenvalue weighted by atomic mass is 10.1. The number of anilines is 1. The lowest BCUT2D eigenvalue weighted by Crippen LogP contribution is -2.37. The highest BCUT2D eigenvalue weighted by molar-refractivity contribution is 7.99. The highest BCUT2D eigenvalue weighted by atomic mass is 32.2. The molecule has 148 valence electrons. The first-order valence-corrected chi connectivity index (χ1v) is 10.1. The van der Waals surface area contributed by atoms with E-state index in [9.17, 15) is 9.59 Å². The van der Waals surface area contributed by atoms with Gasteiger partial charge >= 0.3 is 0 Å². The van der Waals surface area contributed by atoms with E-state index in [1.165, 1.54) is 35.1 Å². The Hall–Kier alpha value is -3.20. The summed E-state index contributed by atoms with van der Waals surface area (Å²) in [6.45, 7) is 4.91. The van der Waals surface area contributed by atoms with Crippen molar-refractivity contribution in [3.05, 3.63) is 48.3 Å². The predicted molar refractivity (Wildman–Crippen MR) is 109 cm³/mol. The first-order chi connectivity index (χ1) is 14.0. The van der Waals surface area contributed by atoms with Crippen LogP contribution in [0.25, 0.3) is 11.3 Å². The van der Waals surface area contributed by atoms with E-state index in [1.54, 1.807) is 18.3 Å². The third-order valence-electron chi connectivity index (χ3n) is 4.50. The summed E-state index contributed by atoms with van der Waals surface area (Å²) in [5.74, 6) is 0.641. The smallest absolute Gasteiger partial charge is 0.247 e. The Labute approximate surface area is 171 Å². The molecule has 1 aromatic carbocycles. The molecule has 0 saturated heterocycles. The van der Waals surface area contributed by atoms with Crippen LogP contribution in [0.15, 0.2) is 47.8 Å². The van der Waals surface area contributed by atoms with Crippen molar-refractivity contribution >= 4 is 29.3 Å². The standard InChI is InChI=1S/C20H19N5O3S/c1-4-29-20-21-18-17(22-23-20)14-8-5-6-9-15(14)25(13(3)27)19(28-18)16-10-7-11-24(16)12(2)26/h5-11,19H,4H2,1-3H3/t19-/m0/s1. The highest BCUT2D eigenvalue weighted by Gasteiger charge is 2.36. The Balaban J connectivity index is 1.97. The predicted octanol–water partition coefficient (Wildman–Crippen LogP) is 3.56. The van der Waals surface area contributed by atoms with Crippen LogP contribution < -0.4 is 9.64 Å². The van der Waals surface area contributed by atoms with E-state index in [0.29, 0.717) is 27.8 Å². The Morgan fingerprint density at radius 2 is 1.90 bits per heavy atom. The molecule has 4 rings (SSSR count). The van der Waals surface area contributed by atoms with Gasteiger partial charge in [0.15, 0.2) is 5.69 Å². The van der Waals surface area contributed by atoms with Gasteiger partial charge in [0.2, 0.25) is 29.1 Å². The van der Waals surface area contributed by atoms with Gasteiger partial charge in [-0.2, -0.15) is 4.98 Å². The second-order valence-corrected chi connectivity index (χ2v) is 7.61. The quantitative estimate of drug-likeness (QED) is 0.611. The molecule has 3 heterocycles. The summed E-state index contributed by atoms with van der Waals surface area (Å²) < 4.78 is 7.70. The Kier molecular flexibility index (Phi) is 5.06. The topological polar surface area (TPSA) is 90.2 Å². The molecule has 0 fully saturated rings. The fourth-order valence-corrected chi connectivity index (χ4v) is 3.82.